The van der Waals surface area contributed by atoms with Crippen LogP contribution in [0.4, 0.5) is 0 Å². The molecule has 0 saturated carbocycles. The minimum absolute atomic E-state index is 0. The lowest BCUT2D eigenvalue weighted by Gasteiger charge is -2.03. The average Bonchev–Trinajstić information content (AvgIpc) is 2.72. The molecule has 4 rings (SSSR count). The topological polar surface area (TPSA) is 78.2 Å². The van der Waals surface area contributed by atoms with E-state index in [1.165, 1.54) is 0 Å². The number of hydrogen-bond acceptors (Lipinski definition) is 2. The second-order valence-electron chi connectivity index (χ2n) is 6.59. The van der Waals surface area contributed by atoms with Crippen LogP contribution in [0.15, 0.2) is 85.6 Å². The Labute approximate surface area is 186 Å². The van der Waals surface area contributed by atoms with Crippen molar-refractivity contribution in [1.82, 2.24) is 4.98 Å². The van der Waals surface area contributed by atoms with Crippen molar-refractivity contribution in [3.63, 3.8) is 0 Å². The summed E-state index contributed by atoms with van der Waals surface area (Å²) in [5.41, 5.74) is 4.15. The standard InChI is InChI=1S/C21H18N3O3P.2ClH/c25-28(26,27)15-14-23-10-5-17(6-11-23)18-7-12-24(13-8-18)20-3-4-21-19(16-20)2-1-9-22-21;;/h1-13,16H,14-15H2;2*1H. The van der Waals surface area contributed by atoms with Gasteiger partial charge in [0.1, 0.15) is 6.16 Å². The number of nitrogens with zero attached hydrogens (tertiary/aromatic N) is 3. The van der Waals surface area contributed by atoms with Crippen LogP contribution in [-0.4, -0.2) is 20.9 Å². The number of aromatic nitrogens is 3. The summed E-state index contributed by atoms with van der Waals surface area (Å²) in [6.07, 6.45) is 9.33. The molecule has 0 amide bonds. The van der Waals surface area contributed by atoms with Crippen molar-refractivity contribution >= 4 is 18.5 Å². The van der Waals surface area contributed by atoms with E-state index in [-0.39, 0.29) is 37.5 Å². The van der Waals surface area contributed by atoms with Gasteiger partial charge in [0, 0.05) is 48.0 Å². The number of hydrogen-bond donors (Lipinski definition) is 2. The van der Waals surface area contributed by atoms with Crippen LogP contribution in [0.5, 0.6) is 0 Å². The summed E-state index contributed by atoms with van der Waals surface area (Å²) in [4.78, 5) is 22.3. The van der Waals surface area contributed by atoms with Crippen molar-refractivity contribution < 1.29 is 48.3 Å². The lowest BCUT2D eigenvalue weighted by atomic mass is 10.1. The second kappa shape index (κ2) is 10.1. The highest BCUT2D eigenvalue weighted by molar-refractivity contribution is 7.51. The van der Waals surface area contributed by atoms with Crippen LogP contribution in [0, 0.1) is 0 Å². The van der Waals surface area contributed by atoms with E-state index in [1.807, 2.05) is 73.3 Å². The first-order valence-corrected chi connectivity index (χ1v) is 10.7. The molecule has 9 heteroatoms. The molecule has 0 aliphatic heterocycles. The summed E-state index contributed by atoms with van der Waals surface area (Å²) in [6, 6.07) is 18.1. The number of pyridine rings is 3. The summed E-state index contributed by atoms with van der Waals surface area (Å²) < 4.78 is 14.8. The van der Waals surface area contributed by atoms with Crippen LogP contribution < -0.4 is 33.9 Å². The summed E-state index contributed by atoms with van der Waals surface area (Å²) in [6.45, 7) is 0.288. The molecule has 0 radical (unpaired) electrons. The average molecular weight is 464 g/mol. The zero-order valence-electron chi connectivity index (χ0n) is 15.8. The van der Waals surface area contributed by atoms with Gasteiger partial charge in [-0.2, -0.15) is 4.57 Å². The molecule has 3 heterocycles. The third-order valence-electron chi connectivity index (χ3n) is 4.59. The van der Waals surface area contributed by atoms with E-state index >= 15 is 0 Å². The van der Waals surface area contributed by atoms with E-state index in [0.717, 1.165) is 27.7 Å². The van der Waals surface area contributed by atoms with Crippen LogP contribution >= 0.6 is 7.60 Å². The van der Waals surface area contributed by atoms with Gasteiger partial charge in [-0.05, 0) is 23.3 Å². The Hall–Kier alpha value is -2.34. The van der Waals surface area contributed by atoms with Crippen LogP contribution in [0.1, 0.15) is 0 Å². The van der Waals surface area contributed by atoms with Gasteiger partial charge in [-0.25, -0.2) is 4.57 Å². The van der Waals surface area contributed by atoms with Crippen molar-refractivity contribution in [2.75, 3.05) is 6.16 Å². The predicted octanol–water partition coefficient (Wildman–Crippen LogP) is -3.35. The van der Waals surface area contributed by atoms with Gasteiger partial charge in [0.25, 0.3) is 0 Å². The molecule has 1 aromatic carbocycles. The monoisotopic (exact) mass is 463 g/mol. The van der Waals surface area contributed by atoms with Gasteiger partial charge in [-0.1, -0.05) is 6.07 Å². The van der Waals surface area contributed by atoms with Crippen molar-refractivity contribution in [1.29, 1.82) is 0 Å². The van der Waals surface area contributed by atoms with Gasteiger partial charge in [0.15, 0.2) is 31.3 Å². The molecule has 0 saturated heterocycles. The number of aryl methyl sites for hydroxylation is 1. The van der Waals surface area contributed by atoms with Crippen molar-refractivity contribution in [3.8, 4) is 16.8 Å². The molecule has 0 spiro atoms. The van der Waals surface area contributed by atoms with Crippen molar-refractivity contribution in [2.24, 2.45) is 0 Å². The number of rotatable bonds is 5. The third-order valence-corrected chi connectivity index (χ3v) is 5.37. The molecular weight excluding hydrogens is 444 g/mol. The highest BCUT2D eigenvalue weighted by Gasteiger charge is 2.16. The molecule has 30 heavy (non-hydrogen) atoms. The smallest absolute Gasteiger partial charge is 0.331 e. The second-order valence-corrected chi connectivity index (χ2v) is 8.36. The maximum atomic E-state index is 11.0. The normalized spacial score (nSPS) is 10.9. The Bertz CT molecular complexity index is 1170. The fraction of sp³-hybridized carbons (Fsp3) is 0.0952. The Balaban J connectivity index is 0.00000160. The van der Waals surface area contributed by atoms with E-state index in [2.05, 4.69) is 15.6 Å². The lowest BCUT2D eigenvalue weighted by Crippen LogP contribution is -3.00. The van der Waals surface area contributed by atoms with Crippen molar-refractivity contribution in [3.05, 3.63) is 85.6 Å². The van der Waals surface area contributed by atoms with E-state index in [9.17, 15) is 4.57 Å². The molecule has 156 valence electrons. The summed E-state index contributed by atoms with van der Waals surface area (Å²) in [5.74, 6) is 0. The first kappa shape index (κ1) is 23.9. The number of halogens is 2. The molecule has 3 aromatic heterocycles. The SMILES string of the molecule is O=P(O)(O)CC[n+]1ccc(-c2cc[n+](-c3ccc4ncccc4c3)cc2)cc1.[Cl-].[Cl-]. The van der Waals surface area contributed by atoms with Crippen LogP contribution in [-0.2, 0) is 11.1 Å². The van der Waals surface area contributed by atoms with E-state index in [4.69, 9.17) is 9.79 Å². The lowest BCUT2D eigenvalue weighted by molar-refractivity contribution is -0.692. The van der Waals surface area contributed by atoms with Crippen molar-refractivity contribution in [2.45, 2.75) is 6.54 Å². The fourth-order valence-corrected chi connectivity index (χ4v) is 3.55. The maximum Gasteiger partial charge on any atom is 0.331 e. The molecule has 2 N–H and O–H groups in total. The zero-order valence-corrected chi connectivity index (χ0v) is 18.3. The van der Waals surface area contributed by atoms with Crippen LogP contribution in [0.2, 0.25) is 0 Å². The molecule has 6 nitrogen and oxygen atoms in total. The molecule has 0 atom stereocenters. The Morgan fingerprint density at radius 3 is 2.13 bits per heavy atom. The molecule has 4 aromatic rings. The van der Waals surface area contributed by atoms with E-state index in [0.29, 0.717) is 0 Å². The molecule has 0 aliphatic rings. The van der Waals surface area contributed by atoms with Crippen LogP contribution in [0.3, 0.4) is 0 Å². The van der Waals surface area contributed by atoms with Gasteiger partial charge in [-0.3, -0.25) is 9.55 Å². The molecule has 0 fully saturated rings. The highest BCUT2D eigenvalue weighted by Crippen LogP contribution is 2.33. The maximum absolute atomic E-state index is 11.0. The number of benzene rings is 1. The molecule has 0 bridgehead atoms. The Morgan fingerprint density at radius 2 is 1.50 bits per heavy atom. The largest absolute Gasteiger partial charge is 1.00 e. The zero-order chi connectivity index (χ0) is 19.6. The van der Waals surface area contributed by atoms with Crippen LogP contribution in [0.25, 0.3) is 27.7 Å². The van der Waals surface area contributed by atoms with E-state index < -0.39 is 7.60 Å². The number of fused-ring (bicyclic) bond motifs is 1. The van der Waals surface area contributed by atoms with Gasteiger partial charge < -0.3 is 34.6 Å². The van der Waals surface area contributed by atoms with Gasteiger partial charge >= 0.3 is 7.60 Å². The Kier molecular flexibility index (Phi) is 8.07. The van der Waals surface area contributed by atoms with E-state index in [1.54, 1.807) is 10.8 Å². The minimum atomic E-state index is -3.98. The molecular formula is C21H20Cl2N3O3P. The highest BCUT2D eigenvalue weighted by atomic mass is 35.5. The van der Waals surface area contributed by atoms with Gasteiger partial charge in [0.05, 0.1) is 5.52 Å². The first-order chi connectivity index (χ1) is 13.5. The summed E-state index contributed by atoms with van der Waals surface area (Å²) in [7, 11) is -3.98. The minimum Gasteiger partial charge on any atom is -1.00 e. The quantitative estimate of drug-likeness (QED) is 0.239. The fourth-order valence-electron chi connectivity index (χ4n) is 3.06. The predicted molar refractivity (Wildman–Crippen MR) is 106 cm³/mol. The Morgan fingerprint density at radius 1 is 0.867 bits per heavy atom. The third kappa shape index (κ3) is 5.85. The molecule has 0 aliphatic carbocycles. The first-order valence-electron chi connectivity index (χ1n) is 8.88. The summed E-state index contributed by atoms with van der Waals surface area (Å²) in [5, 5.41) is 1.10. The van der Waals surface area contributed by atoms with Gasteiger partial charge in [-0.15, -0.1) is 0 Å². The summed E-state index contributed by atoms with van der Waals surface area (Å²) >= 11 is 0. The van der Waals surface area contributed by atoms with Gasteiger partial charge in [0.2, 0.25) is 5.69 Å². The molecule has 0 unspecified atom stereocenters.